The van der Waals surface area contributed by atoms with Crippen LogP contribution in [0.4, 0.5) is 10.5 Å². The third kappa shape index (κ3) is 5.04. The lowest BCUT2D eigenvalue weighted by Gasteiger charge is -2.36. The molecule has 2 fully saturated rings. The van der Waals surface area contributed by atoms with Gasteiger partial charge in [0.15, 0.2) is 0 Å². The van der Waals surface area contributed by atoms with Gasteiger partial charge >= 0.3 is 0 Å². The van der Waals surface area contributed by atoms with Crippen molar-refractivity contribution in [2.24, 2.45) is 0 Å². The van der Waals surface area contributed by atoms with E-state index in [2.05, 4.69) is 17.0 Å². The summed E-state index contributed by atoms with van der Waals surface area (Å²) >= 11 is 7.28. The van der Waals surface area contributed by atoms with Gasteiger partial charge < -0.3 is 14.4 Å². The molecule has 0 N–H and O–H groups in total. The minimum Gasteiger partial charge on any atom is -0.368 e. The predicted octanol–water partition coefficient (Wildman–Crippen LogP) is 5.13. The van der Waals surface area contributed by atoms with E-state index in [0.717, 1.165) is 45.0 Å². The molecule has 2 aromatic carbocycles. The quantitative estimate of drug-likeness (QED) is 0.424. The Morgan fingerprint density at radius 1 is 0.973 bits per heavy atom. The number of aromatic nitrogens is 1. The Morgan fingerprint density at radius 3 is 2.35 bits per heavy atom. The molecule has 0 aliphatic carbocycles. The Balaban J connectivity index is 1.27. The molecule has 3 heterocycles. The molecule has 0 unspecified atom stereocenters. The van der Waals surface area contributed by atoms with Gasteiger partial charge in [0.05, 0.1) is 15.6 Å². The highest BCUT2D eigenvalue weighted by Gasteiger charge is 2.37. The van der Waals surface area contributed by atoms with Gasteiger partial charge in [0.2, 0.25) is 5.91 Å². The van der Waals surface area contributed by atoms with Gasteiger partial charge in [-0.1, -0.05) is 41.9 Å². The van der Waals surface area contributed by atoms with Gasteiger partial charge in [-0.2, -0.15) is 0 Å². The largest absolute Gasteiger partial charge is 0.368 e. The van der Waals surface area contributed by atoms with E-state index in [1.807, 2.05) is 66.9 Å². The summed E-state index contributed by atoms with van der Waals surface area (Å²) in [6, 6.07) is 19.6. The normalized spacial score (nSPS) is 17.3. The average molecular weight is 535 g/mol. The van der Waals surface area contributed by atoms with E-state index in [-0.39, 0.29) is 12.5 Å². The van der Waals surface area contributed by atoms with Crippen molar-refractivity contribution < 1.29 is 14.4 Å². The molecule has 9 heteroatoms. The van der Waals surface area contributed by atoms with Gasteiger partial charge in [0.1, 0.15) is 6.54 Å². The molecular weight excluding hydrogens is 508 g/mol. The molecule has 2 aliphatic rings. The molecule has 190 valence electrons. The molecule has 3 amide bonds. The number of hydrogen-bond donors (Lipinski definition) is 0. The van der Waals surface area contributed by atoms with Crippen molar-refractivity contribution >= 4 is 52.2 Å². The fourth-order valence-corrected chi connectivity index (χ4v) is 5.85. The van der Waals surface area contributed by atoms with Crippen LogP contribution in [0.2, 0.25) is 5.02 Å². The summed E-state index contributed by atoms with van der Waals surface area (Å²) < 4.78 is 2.02. The molecule has 0 bridgehead atoms. The van der Waals surface area contributed by atoms with Crippen LogP contribution >= 0.6 is 23.4 Å². The number of amides is 3. The second-order valence-corrected chi connectivity index (χ2v) is 10.5. The number of piperazine rings is 1. The minimum absolute atomic E-state index is 0.215. The van der Waals surface area contributed by atoms with Crippen LogP contribution in [0.1, 0.15) is 17.0 Å². The summed E-state index contributed by atoms with van der Waals surface area (Å²) in [4.78, 5) is 44.1. The fraction of sp³-hybridized carbons (Fsp3) is 0.250. The first-order valence-electron chi connectivity index (χ1n) is 12.1. The number of aryl methyl sites for hydroxylation is 1. The van der Waals surface area contributed by atoms with E-state index >= 15 is 0 Å². The summed E-state index contributed by atoms with van der Waals surface area (Å²) in [6.45, 7) is 6.19. The van der Waals surface area contributed by atoms with Crippen molar-refractivity contribution in [3.8, 4) is 5.69 Å². The zero-order valence-electron chi connectivity index (χ0n) is 20.7. The molecular formula is C28H27ClN4O3S. The van der Waals surface area contributed by atoms with E-state index in [0.29, 0.717) is 36.1 Å². The number of imide groups is 1. The third-order valence-electron chi connectivity index (χ3n) is 6.77. The first kappa shape index (κ1) is 25.2. The highest BCUT2D eigenvalue weighted by atomic mass is 35.5. The highest BCUT2D eigenvalue weighted by molar-refractivity contribution is 8.18. The molecule has 2 aliphatic heterocycles. The molecule has 0 atom stereocenters. The van der Waals surface area contributed by atoms with Gasteiger partial charge in [0.25, 0.3) is 11.1 Å². The minimum atomic E-state index is -0.436. The second kappa shape index (κ2) is 10.5. The van der Waals surface area contributed by atoms with Crippen LogP contribution < -0.4 is 4.90 Å². The van der Waals surface area contributed by atoms with Gasteiger partial charge in [0, 0.05) is 43.3 Å². The smallest absolute Gasteiger partial charge is 0.294 e. The number of carbonyl (C=O) groups is 3. The highest BCUT2D eigenvalue weighted by Crippen LogP contribution is 2.34. The van der Waals surface area contributed by atoms with Crippen molar-refractivity contribution in [2.45, 2.75) is 13.8 Å². The first-order chi connectivity index (χ1) is 17.8. The van der Waals surface area contributed by atoms with E-state index in [1.165, 1.54) is 0 Å². The van der Waals surface area contributed by atoms with Gasteiger partial charge in [-0.05, 0) is 67.6 Å². The Labute approximate surface area is 225 Å². The van der Waals surface area contributed by atoms with Crippen LogP contribution in [0.3, 0.4) is 0 Å². The van der Waals surface area contributed by atoms with Crippen molar-refractivity contribution in [1.82, 2.24) is 14.4 Å². The zero-order valence-corrected chi connectivity index (χ0v) is 22.3. The van der Waals surface area contributed by atoms with Gasteiger partial charge in [-0.3, -0.25) is 19.3 Å². The van der Waals surface area contributed by atoms with Crippen LogP contribution in [0.5, 0.6) is 0 Å². The molecule has 37 heavy (non-hydrogen) atoms. The summed E-state index contributed by atoms with van der Waals surface area (Å²) in [7, 11) is 0. The SMILES string of the molecule is Cc1cc(/C=C2/SC(=O)N(CC(=O)N3CCN(c4ccccc4)CC3)C2=O)c(C)n1-c1ccccc1Cl. The van der Waals surface area contributed by atoms with Crippen molar-refractivity contribution in [1.29, 1.82) is 0 Å². The van der Waals surface area contributed by atoms with Crippen LogP contribution in [0, 0.1) is 13.8 Å². The number of halogens is 1. The molecule has 5 rings (SSSR count). The average Bonchev–Trinajstić information content (AvgIpc) is 3.33. The number of carbonyl (C=O) groups excluding carboxylic acids is 3. The maximum absolute atomic E-state index is 13.1. The maximum atomic E-state index is 13.1. The number of para-hydroxylation sites is 2. The Kier molecular flexibility index (Phi) is 7.13. The molecule has 7 nitrogen and oxygen atoms in total. The third-order valence-corrected chi connectivity index (χ3v) is 8.00. The summed E-state index contributed by atoms with van der Waals surface area (Å²) in [6.07, 6.45) is 1.73. The lowest BCUT2D eigenvalue weighted by molar-refractivity contribution is -0.136. The summed E-state index contributed by atoms with van der Waals surface area (Å²) in [5, 5.41) is 0.201. The van der Waals surface area contributed by atoms with E-state index < -0.39 is 11.1 Å². The van der Waals surface area contributed by atoms with Crippen LogP contribution in [0.25, 0.3) is 11.8 Å². The standard InChI is InChI=1S/C28H27ClN4O3S/c1-19-16-21(20(2)33(19)24-11-7-6-10-23(24)29)17-25-27(35)32(28(36)37-25)18-26(34)31-14-12-30(13-15-31)22-8-4-3-5-9-22/h3-11,16-17H,12-15,18H2,1-2H3/b25-17+. The number of benzene rings is 2. The van der Waals surface area contributed by atoms with Crippen molar-refractivity contribution in [3.05, 3.63) is 87.5 Å². The Morgan fingerprint density at radius 2 is 1.65 bits per heavy atom. The predicted molar refractivity (Wildman–Crippen MR) is 148 cm³/mol. The van der Waals surface area contributed by atoms with Gasteiger partial charge in [-0.25, -0.2) is 0 Å². The second-order valence-electron chi connectivity index (χ2n) is 9.08. The number of thioether (sulfide) groups is 1. The number of nitrogens with zero attached hydrogens (tertiary/aromatic N) is 4. The maximum Gasteiger partial charge on any atom is 0.294 e. The molecule has 3 aromatic rings. The molecule has 2 saturated heterocycles. The van der Waals surface area contributed by atoms with Crippen molar-refractivity contribution in [3.63, 3.8) is 0 Å². The number of hydrogen-bond acceptors (Lipinski definition) is 5. The zero-order chi connectivity index (χ0) is 26.1. The molecule has 0 saturated carbocycles. The first-order valence-corrected chi connectivity index (χ1v) is 13.3. The Hall–Kier alpha value is -3.49. The summed E-state index contributed by atoms with van der Waals surface area (Å²) in [5.41, 5.74) is 4.67. The number of rotatable bonds is 5. The fourth-order valence-electron chi connectivity index (χ4n) is 4.80. The van der Waals surface area contributed by atoms with Crippen LogP contribution in [-0.2, 0) is 9.59 Å². The van der Waals surface area contributed by atoms with Gasteiger partial charge in [-0.15, -0.1) is 0 Å². The van der Waals surface area contributed by atoms with Crippen LogP contribution in [-0.4, -0.2) is 64.1 Å². The van der Waals surface area contributed by atoms with E-state index in [1.54, 1.807) is 11.0 Å². The molecule has 0 radical (unpaired) electrons. The lowest BCUT2D eigenvalue weighted by Crippen LogP contribution is -2.51. The topological polar surface area (TPSA) is 65.9 Å². The number of anilines is 1. The van der Waals surface area contributed by atoms with E-state index in [9.17, 15) is 14.4 Å². The van der Waals surface area contributed by atoms with Crippen LogP contribution in [0.15, 0.2) is 65.6 Å². The lowest BCUT2D eigenvalue weighted by atomic mass is 10.2. The van der Waals surface area contributed by atoms with Crippen molar-refractivity contribution in [2.75, 3.05) is 37.6 Å². The summed E-state index contributed by atoms with van der Waals surface area (Å²) in [5.74, 6) is -0.651. The van der Waals surface area contributed by atoms with E-state index in [4.69, 9.17) is 11.6 Å². The monoisotopic (exact) mass is 534 g/mol. The molecule has 0 spiro atoms. The Bertz CT molecular complexity index is 1390. The molecule has 1 aromatic heterocycles.